The Morgan fingerprint density at radius 3 is 2.76 bits per heavy atom. The van der Waals surface area contributed by atoms with Gasteiger partial charge in [-0.15, -0.1) is 0 Å². The normalized spacial score (nSPS) is 10.2. The van der Waals surface area contributed by atoms with Crippen LogP contribution in [0.1, 0.15) is 16.7 Å². The number of ether oxygens (including phenoxy) is 1. The van der Waals surface area contributed by atoms with Gasteiger partial charge >= 0.3 is 0 Å². The predicted molar refractivity (Wildman–Crippen MR) is 79.7 cm³/mol. The fourth-order valence-electron chi connectivity index (χ4n) is 1.97. The van der Waals surface area contributed by atoms with Crippen molar-refractivity contribution in [3.63, 3.8) is 0 Å². The van der Waals surface area contributed by atoms with Crippen molar-refractivity contribution in [3.8, 4) is 11.8 Å². The summed E-state index contributed by atoms with van der Waals surface area (Å²) >= 11 is 6.12. The van der Waals surface area contributed by atoms with Crippen molar-refractivity contribution in [2.45, 2.75) is 13.0 Å². The maximum absolute atomic E-state index is 13.7. The number of hydrogen-bond acceptors (Lipinski definition) is 3. The molecule has 0 amide bonds. The number of nitrogens with zero attached hydrogens (tertiary/aromatic N) is 1. The molecule has 0 aromatic heterocycles. The average Bonchev–Trinajstić information content (AvgIpc) is 2.48. The van der Waals surface area contributed by atoms with Gasteiger partial charge < -0.3 is 10.5 Å². The molecule has 0 aliphatic rings. The highest BCUT2D eigenvalue weighted by atomic mass is 35.5. The van der Waals surface area contributed by atoms with E-state index < -0.39 is 5.82 Å². The van der Waals surface area contributed by atoms with E-state index in [-0.39, 0.29) is 6.61 Å². The Kier molecular flexibility index (Phi) is 5.15. The van der Waals surface area contributed by atoms with Gasteiger partial charge in [0.05, 0.1) is 16.7 Å². The van der Waals surface area contributed by atoms with E-state index >= 15 is 0 Å². The molecule has 3 nitrogen and oxygen atoms in total. The highest BCUT2D eigenvalue weighted by Crippen LogP contribution is 2.30. The van der Waals surface area contributed by atoms with Crippen molar-refractivity contribution in [1.29, 1.82) is 5.26 Å². The van der Waals surface area contributed by atoms with Gasteiger partial charge in [-0.1, -0.05) is 23.7 Å². The summed E-state index contributed by atoms with van der Waals surface area (Å²) in [6.07, 6.45) is 0.622. The largest absolute Gasteiger partial charge is 0.487 e. The van der Waals surface area contributed by atoms with Crippen LogP contribution in [0, 0.1) is 17.1 Å². The summed E-state index contributed by atoms with van der Waals surface area (Å²) < 4.78 is 19.4. The molecule has 0 bridgehead atoms. The lowest BCUT2D eigenvalue weighted by Crippen LogP contribution is -2.06. The van der Waals surface area contributed by atoms with Gasteiger partial charge in [-0.2, -0.15) is 5.26 Å². The lowest BCUT2D eigenvalue weighted by Gasteiger charge is -2.13. The van der Waals surface area contributed by atoms with Crippen LogP contribution in [0.2, 0.25) is 5.02 Å². The number of hydrogen-bond donors (Lipinski definition) is 1. The van der Waals surface area contributed by atoms with Crippen molar-refractivity contribution in [2.24, 2.45) is 5.73 Å². The monoisotopic (exact) mass is 304 g/mol. The van der Waals surface area contributed by atoms with Gasteiger partial charge in [-0.3, -0.25) is 0 Å². The minimum absolute atomic E-state index is 0.00264. The van der Waals surface area contributed by atoms with E-state index in [4.69, 9.17) is 27.3 Å². The molecule has 2 rings (SSSR count). The second-order valence-electron chi connectivity index (χ2n) is 4.47. The van der Waals surface area contributed by atoms with Crippen LogP contribution in [-0.2, 0) is 13.0 Å². The number of rotatable bonds is 5. The standard InChI is InChI=1S/C16H14ClFN2O/c17-14-3-1-2-12(6-7-19)16(14)21-10-13-8-11(9-20)4-5-15(13)18/h1-5,8H,6-7,10,19H2. The first-order chi connectivity index (χ1) is 10.2. The highest BCUT2D eigenvalue weighted by Gasteiger charge is 2.10. The van der Waals surface area contributed by atoms with Gasteiger partial charge in [0.25, 0.3) is 0 Å². The van der Waals surface area contributed by atoms with Crippen molar-refractivity contribution in [2.75, 3.05) is 6.54 Å². The minimum atomic E-state index is -0.415. The van der Waals surface area contributed by atoms with E-state index in [9.17, 15) is 4.39 Å². The molecule has 21 heavy (non-hydrogen) atoms. The molecule has 2 N–H and O–H groups in total. The van der Waals surface area contributed by atoms with Crippen molar-refractivity contribution < 1.29 is 9.13 Å². The zero-order valence-corrected chi connectivity index (χ0v) is 12.0. The van der Waals surface area contributed by atoms with Gasteiger partial charge in [-0.25, -0.2) is 4.39 Å². The van der Waals surface area contributed by atoms with E-state index in [0.717, 1.165) is 5.56 Å². The van der Waals surface area contributed by atoms with Gasteiger partial charge in [0.2, 0.25) is 0 Å². The molecule has 0 radical (unpaired) electrons. The Labute approximate surface area is 127 Å². The fraction of sp³-hybridized carbons (Fsp3) is 0.188. The Hall–Kier alpha value is -2.09. The molecular weight excluding hydrogens is 291 g/mol. The molecule has 0 fully saturated rings. The van der Waals surface area contributed by atoms with Gasteiger partial charge in [0.1, 0.15) is 18.2 Å². The van der Waals surface area contributed by atoms with Crippen molar-refractivity contribution >= 4 is 11.6 Å². The molecule has 0 aliphatic carbocycles. The van der Waals surface area contributed by atoms with E-state index in [2.05, 4.69) is 0 Å². The Balaban J connectivity index is 2.22. The van der Waals surface area contributed by atoms with E-state index in [1.54, 1.807) is 6.07 Å². The molecule has 0 saturated heterocycles. The molecule has 2 aromatic carbocycles. The third-order valence-electron chi connectivity index (χ3n) is 3.01. The first kappa shape index (κ1) is 15.3. The van der Waals surface area contributed by atoms with Crippen LogP contribution in [0.15, 0.2) is 36.4 Å². The summed E-state index contributed by atoms with van der Waals surface area (Å²) in [5.41, 5.74) is 7.13. The third-order valence-corrected chi connectivity index (χ3v) is 3.31. The van der Waals surface area contributed by atoms with Gasteiger partial charge in [0, 0.05) is 5.56 Å². The van der Waals surface area contributed by atoms with Crippen molar-refractivity contribution in [1.82, 2.24) is 0 Å². The summed E-state index contributed by atoms with van der Waals surface area (Å²) in [5, 5.41) is 9.30. The molecule has 0 aliphatic heterocycles. The Morgan fingerprint density at radius 1 is 1.24 bits per heavy atom. The summed E-state index contributed by atoms with van der Waals surface area (Å²) in [6.45, 7) is 0.470. The zero-order valence-electron chi connectivity index (χ0n) is 11.3. The molecule has 0 unspecified atom stereocenters. The van der Waals surface area contributed by atoms with Crippen LogP contribution in [-0.4, -0.2) is 6.54 Å². The van der Waals surface area contributed by atoms with E-state index in [0.29, 0.717) is 34.9 Å². The molecular formula is C16H14ClFN2O. The van der Waals surface area contributed by atoms with Gasteiger partial charge in [-0.05, 0) is 42.8 Å². The molecule has 108 valence electrons. The fourth-order valence-corrected chi connectivity index (χ4v) is 2.22. The van der Waals surface area contributed by atoms with Gasteiger partial charge in [0.15, 0.2) is 0 Å². The topological polar surface area (TPSA) is 59.0 Å². The second kappa shape index (κ2) is 7.07. The molecule has 5 heteroatoms. The van der Waals surface area contributed by atoms with E-state index in [1.807, 2.05) is 18.2 Å². The van der Waals surface area contributed by atoms with Crippen LogP contribution in [0.3, 0.4) is 0 Å². The van der Waals surface area contributed by atoms with Crippen LogP contribution >= 0.6 is 11.6 Å². The molecule has 0 heterocycles. The number of halogens is 2. The number of nitriles is 1. The Morgan fingerprint density at radius 2 is 2.05 bits per heavy atom. The van der Waals surface area contributed by atoms with Crippen LogP contribution in [0.5, 0.6) is 5.75 Å². The number of para-hydroxylation sites is 1. The molecule has 0 saturated carbocycles. The number of nitrogens with two attached hydrogens (primary N) is 1. The minimum Gasteiger partial charge on any atom is -0.487 e. The third kappa shape index (κ3) is 3.72. The maximum atomic E-state index is 13.7. The molecule has 0 spiro atoms. The Bertz CT molecular complexity index is 682. The second-order valence-corrected chi connectivity index (χ2v) is 4.88. The smallest absolute Gasteiger partial charge is 0.141 e. The first-order valence-corrected chi connectivity index (χ1v) is 6.82. The van der Waals surface area contributed by atoms with E-state index in [1.165, 1.54) is 18.2 Å². The summed E-state index contributed by atoms with van der Waals surface area (Å²) in [5.74, 6) is 0.0906. The van der Waals surface area contributed by atoms with Crippen LogP contribution in [0.25, 0.3) is 0 Å². The lowest BCUT2D eigenvalue weighted by molar-refractivity contribution is 0.297. The number of benzene rings is 2. The summed E-state index contributed by atoms with van der Waals surface area (Å²) in [6, 6.07) is 11.5. The zero-order chi connectivity index (χ0) is 15.2. The molecule has 0 atom stereocenters. The SMILES string of the molecule is N#Cc1ccc(F)c(COc2c(Cl)cccc2CCN)c1. The molecule has 2 aromatic rings. The summed E-state index contributed by atoms with van der Waals surface area (Å²) in [7, 11) is 0. The average molecular weight is 305 g/mol. The highest BCUT2D eigenvalue weighted by molar-refractivity contribution is 6.32. The maximum Gasteiger partial charge on any atom is 0.141 e. The first-order valence-electron chi connectivity index (χ1n) is 6.44. The predicted octanol–water partition coefficient (Wildman–Crippen LogP) is 3.43. The van der Waals surface area contributed by atoms with Crippen LogP contribution < -0.4 is 10.5 Å². The van der Waals surface area contributed by atoms with Crippen LogP contribution in [0.4, 0.5) is 4.39 Å². The summed E-state index contributed by atoms with van der Waals surface area (Å²) in [4.78, 5) is 0. The lowest BCUT2D eigenvalue weighted by atomic mass is 10.1. The van der Waals surface area contributed by atoms with Crippen molar-refractivity contribution in [3.05, 3.63) is 63.9 Å². The quantitative estimate of drug-likeness (QED) is 0.920.